The van der Waals surface area contributed by atoms with Gasteiger partial charge >= 0.3 is 5.97 Å². The van der Waals surface area contributed by atoms with E-state index in [4.69, 9.17) is 10.8 Å². The lowest BCUT2D eigenvalue weighted by Gasteiger charge is -2.14. The molecule has 5 nitrogen and oxygen atoms in total. The smallest absolute Gasteiger partial charge is 0.341 e. The molecule has 0 spiro atoms. The van der Waals surface area contributed by atoms with E-state index < -0.39 is 63.2 Å². The summed E-state index contributed by atoms with van der Waals surface area (Å²) in [5, 5.41) is 8.18. The number of hydrogen-bond donors (Lipinski definition) is 2. The van der Waals surface area contributed by atoms with Crippen molar-refractivity contribution >= 4 is 22.6 Å². The summed E-state index contributed by atoms with van der Waals surface area (Å²) in [6.07, 6.45) is -0.743. The number of halogens is 4. The van der Waals surface area contributed by atoms with Crippen LogP contribution in [0, 0.1) is 17.5 Å². The molecule has 3 N–H and O–H groups in total. The number of aromatic nitrogens is 1. The molecule has 116 valence electrons. The summed E-state index contributed by atoms with van der Waals surface area (Å²) in [5.41, 5.74) is 1.46. The Morgan fingerprint density at radius 1 is 1.27 bits per heavy atom. The Balaban J connectivity index is 2.56. The van der Waals surface area contributed by atoms with Crippen molar-refractivity contribution < 1.29 is 27.5 Å². The normalized spacial score (nSPS) is 20.4. The molecule has 1 heterocycles. The predicted octanol–water partition coefficient (Wildman–Crippen LogP) is 1.98. The summed E-state index contributed by atoms with van der Waals surface area (Å²) in [6, 6.07) is -0.958. The molecule has 22 heavy (non-hydrogen) atoms. The van der Waals surface area contributed by atoms with Crippen LogP contribution < -0.4 is 11.2 Å². The topological polar surface area (TPSA) is 85.3 Å². The molecule has 9 heteroatoms. The lowest BCUT2D eigenvalue weighted by molar-refractivity contribution is 0.0694. The number of nitrogens with two attached hydrogens (primary N) is 1. The number of benzene rings is 1. The maximum absolute atomic E-state index is 14.0. The van der Waals surface area contributed by atoms with Gasteiger partial charge in [-0.1, -0.05) is 0 Å². The third kappa shape index (κ3) is 1.78. The van der Waals surface area contributed by atoms with Crippen LogP contribution in [0.15, 0.2) is 11.0 Å². The lowest BCUT2D eigenvalue weighted by Crippen LogP contribution is -2.22. The largest absolute Gasteiger partial charge is 0.477 e. The van der Waals surface area contributed by atoms with E-state index in [-0.39, 0.29) is 6.42 Å². The summed E-state index contributed by atoms with van der Waals surface area (Å²) >= 11 is 0. The van der Waals surface area contributed by atoms with E-state index in [0.717, 1.165) is 10.8 Å². The number of nitrogen functional groups attached to an aromatic ring is 1. The number of carboxylic acid groups (broad SMARTS) is 1. The zero-order valence-electron chi connectivity index (χ0n) is 10.7. The number of anilines is 1. The monoisotopic (exact) mass is 316 g/mol. The first kappa shape index (κ1) is 14.4. The highest BCUT2D eigenvalue weighted by Gasteiger charge is 2.41. The van der Waals surface area contributed by atoms with Crippen molar-refractivity contribution in [1.82, 2.24) is 4.57 Å². The SMILES string of the molecule is Nc1c(F)c(F)c(F)c2c1c(=O)c(C(=O)O)cn2[C@@H]1C[C@@H]1F. The quantitative estimate of drug-likeness (QED) is 0.504. The Labute approximate surface area is 119 Å². The number of pyridine rings is 1. The van der Waals surface area contributed by atoms with Gasteiger partial charge in [-0.2, -0.15) is 0 Å². The zero-order chi connectivity index (χ0) is 16.3. The first-order valence-corrected chi connectivity index (χ1v) is 6.13. The number of fused-ring (bicyclic) bond motifs is 1. The summed E-state index contributed by atoms with van der Waals surface area (Å²) < 4.78 is 55.2. The highest BCUT2D eigenvalue weighted by molar-refractivity contribution is 5.97. The molecule has 3 rings (SSSR count). The molecular weight excluding hydrogens is 308 g/mol. The molecule has 0 saturated heterocycles. The van der Waals surface area contributed by atoms with Crippen molar-refractivity contribution in [2.75, 3.05) is 5.73 Å². The van der Waals surface area contributed by atoms with Gasteiger partial charge in [0.05, 0.1) is 22.6 Å². The predicted molar refractivity (Wildman–Crippen MR) is 68.0 cm³/mol. The molecule has 2 atom stereocenters. The van der Waals surface area contributed by atoms with Crippen LogP contribution in [0.2, 0.25) is 0 Å². The molecule has 1 aliphatic rings. The van der Waals surface area contributed by atoms with E-state index in [0.29, 0.717) is 0 Å². The van der Waals surface area contributed by atoms with E-state index in [9.17, 15) is 27.2 Å². The van der Waals surface area contributed by atoms with Crippen LogP contribution in [0.5, 0.6) is 0 Å². The lowest BCUT2D eigenvalue weighted by atomic mass is 10.1. The molecule has 0 radical (unpaired) electrons. The van der Waals surface area contributed by atoms with Crippen LogP contribution in [0.3, 0.4) is 0 Å². The molecule has 2 aromatic rings. The molecule has 0 aliphatic heterocycles. The van der Waals surface area contributed by atoms with E-state index in [2.05, 4.69) is 0 Å². The Bertz CT molecular complexity index is 893. The number of alkyl halides is 1. The summed E-state index contributed by atoms with van der Waals surface area (Å²) in [5.74, 6) is -7.07. The van der Waals surface area contributed by atoms with Gasteiger partial charge in [-0.3, -0.25) is 4.79 Å². The van der Waals surface area contributed by atoms with E-state index in [1.807, 2.05) is 0 Å². The first-order chi connectivity index (χ1) is 10.3. The number of rotatable bonds is 2. The number of carbonyl (C=O) groups is 1. The van der Waals surface area contributed by atoms with Crippen LogP contribution in [0.1, 0.15) is 22.8 Å². The van der Waals surface area contributed by atoms with E-state index in [1.54, 1.807) is 0 Å². The molecule has 1 fully saturated rings. The van der Waals surface area contributed by atoms with Gasteiger partial charge < -0.3 is 15.4 Å². The average Bonchev–Trinajstić information content (AvgIpc) is 3.18. The van der Waals surface area contributed by atoms with Gasteiger partial charge in [0.15, 0.2) is 17.5 Å². The van der Waals surface area contributed by atoms with Crippen LogP contribution >= 0.6 is 0 Å². The fourth-order valence-corrected chi connectivity index (χ4v) is 2.39. The van der Waals surface area contributed by atoms with Gasteiger partial charge in [-0.25, -0.2) is 22.4 Å². The molecule has 0 bridgehead atoms. The van der Waals surface area contributed by atoms with Gasteiger partial charge in [0, 0.05) is 12.6 Å². The second kappa shape index (κ2) is 4.46. The third-order valence-electron chi connectivity index (χ3n) is 3.60. The van der Waals surface area contributed by atoms with E-state index >= 15 is 0 Å². The zero-order valence-corrected chi connectivity index (χ0v) is 10.7. The van der Waals surface area contributed by atoms with Crippen molar-refractivity contribution in [3.05, 3.63) is 39.4 Å². The first-order valence-electron chi connectivity index (χ1n) is 6.13. The van der Waals surface area contributed by atoms with Crippen LogP contribution in [0.25, 0.3) is 10.9 Å². The van der Waals surface area contributed by atoms with Gasteiger partial charge in [-0.15, -0.1) is 0 Å². The Morgan fingerprint density at radius 2 is 1.86 bits per heavy atom. The average molecular weight is 316 g/mol. The molecule has 1 saturated carbocycles. The van der Waals surface area contributed by atoms with Crippen molar-refractivity contribution in [2.24, 2.45) is 0 Å². The van der Waals surface area contributed by atoms with Crippen LogP contribution in [-0.4, -0.2) is 21.8 Å². The Hall–Kier alpha value is -2.58. The minimum absolute atomic E-state index is 0.0601. The minimum Gasteiger partial charge on any atom is -0.477 e. The van der Waals surface area contributed by atoms with Gasteiger partial charge in [0.25, 0.3) is 0 Å². The van der Waals surface area contributed by atoms with Gasteiger partial charge in [0.2, 0.25) is 5.43 Å². The van der Waals surface area contributed by atoms with Gasteiger partial charge in [-0.05, 0) is 0 Å². The summed E-state index contributed by atoms with van der Waals surface area (Å²) in [4.78, 5) is 23.1. The maximum atomic E-state index is 14.0. The summed E-state index contributed by atoms with van der Waals surface area (Å²) in [7, 11) is 0. The van der Waals surface area contributed by atoms with Gasteiger partial charge in [0.1, 0.15) is 11.7 Å². The fourth-order valence-electron chi connectivity index (χ4n) is 2.39. The van der Waals surface area contributed by atoms with Crippen LogP contribution in [-0.2, 0) is 0 Å². The van der Waals surface area contributed by atoms with Crippen molar-refractivity contribution in [3.8, 4) is 0 Å². The second-order valence-corrected chi connectivity index (χ2v) is 4.98. The van der Waals surface area contributed by atoms with E-state index in [1.165, 1.54) is 0 Å². The number of nitrogens with zero attached hydrogens (tertiary/aromatic N) is 1. The number of aromatic carboxylic acids is 1. The third-order valence-corrected chi connectivity index (χ3v) is 3.60. The minimum atomic E-state index is -1.91. The Kier molecular flexibility index (Phi) is 2.91. The summed E-state index contributed by atoms with van der Waals surface area (Å²) in [6.45, 7) is 0. The second-order valence-electron chi connectivity index (χ2n) is 4.98. The molecule has 0 amide bonds. The molecule has 1 aromatic heterocycles. The highest BCUT2D eigenvalue weighted by atomic mass is 19.2. The van der Waals surface area contributed by atoms with Crippen molar-refractivity contribution in [2.45, 2.75) is 18.6 Å². The highest BCUT2D eigenvalue weighted by Crippen LogP contribution is 2.42. The van der Waals surface area contributed by atoms with Crippen molar-refractivity contribution in [1.29, 1.82) is 0 Å². The molecule has 0 unspecified atom stereocenters. The van der Waals surface area contributed by atoms with Crippen molar-refractivity contribution in [3.63, 3.8) is 0 Å². The Morgan fingerprint density at radius 3 is 2.36 bits per heavy atom. The maximum Gasteiger partial charge on any atom is 0.341 e. The molecular formula is C13H8F4N2O3. The van der Waals surface area contributed by atoms with Crippen LogP contribution in [0.4, 0.5) is 23.2 Å². The molecule has 1 aliphatic carbocycles. The standard InChI is InChI=1S/C13H8F4N2O3/c14-4-1-5(4)19-2-3(13(21)22)12(20)6-10(18)8(16)7(15)9(17)11(6)19/h2,4-5H,1,18H2,(H,21,22)/t4-,5+/m0/s1. The number of hydrogen-bond acceptors (Lipinski definition) is 3. The molecule has 1 aromatic carbocycles. The number of carboxylic acids is 1. The fraction of sp³-hybridized carbons (Fsp3) is 0.231.